The molecule has 0 aliphatic rings. The largest absolute Gasteiger partial charge is 0.447 e. The van der Waals surface area contributed by atoms with Gasteiger partial charge < -0.3 is 14.6 Å². The van der Waals surface area contributed by atoms with Gasteiger partial charge in [-0.1, -0.05) is 30.3 Å². The molecule has 7 nitrogen and oxygen atoms in total. The minimum atomic E-state index is -1.02. The van der Waals surface area contributed by atoms with E-state index >= 15 is 0 Å². The van der Waals surface area contributed by atoms with Crippen LogP contribution >= 0.6 is 0 Å². The molecule has 0 radical (unpaired) electrons. The lowest BCUT2D eigenvalue weighted by Gasteiger charge is -2.21. The van der Waals surface area contributed by atoms with Crippen molar-refractivity contribution in [2.45, 2.75) is 32.8 Å². The van der Waals surface area contributed by atoms with Gasteiger partial charge in [0.05, 0.1) is 0 Å². The van der Waals surface area contributed by atoms with Crippen LogP contribution in [0.3, 0.4) is 0 Å². The smallest absolute Gasteiger partial charge is 0.307 e. The van der Waals surface area contributed by atoms with Gasteiger partial charge >= 0.3 is 5.97 Å². The molecular weight excluding hydrogens is 358 g/mol. The first-order valence-corrected chi connectivity index (χ1v) is 8.84. The topological polar surface area (TPSA) is 103 Å². The fourth-order valence-electron chi connectivity index (χ4n) is 2.96. The summed E-state index contributed by atoms with van der Waals surface area (Å²) in [5.74, 6) is -0.865. The third-order valence-electron chi connectivity index (χ3n) is 4.52. The molecule has 2 rings (SSSR count). The highest BCUT2D eigenvalue weighted by Crippen LogP contribution is 2.21. The van der Waals surface area contributed by atoms with Crippen molar-refractivity contribution in [2.24, 2.45) is 0 Å². The highest BCUT2D eigenvalue weighted by atomic mass is 16.5. The van der Waals surface area contributed by atoms with Crippen molar-refractivity contribution in [3.05, 3.63) is 68.6 Å². The Morgan fingerprint density at radius 3 is 2.43 bits per heavy atom. The molecule has 0 saturated carbocycles. The van der Waals surface area contributed by atoms with Crippen LogP contribution in [-0.2, 0) is 20.7 Å². The molecule has 0 aliphatic heterocycles. The van der Waals surface area contributed by atoms with Crippen LogP contribution in [0, 0.1) is 25.2 Å². The van der Waals surface area contributed by atoms with Gasteiger partial charge in [0.2, 0.25) is 6.10 Å². The molecule has 1 heterocycles. The predicted molar refractivity (Wildman–Crippen MR) is 104 cm³/mol. The summed E-state index contributed by atoms with van der Waals surface area (Å²) in [6.07, 6.45) is -0.710. The highest BCUT2D eigenvalue weighted by molar-refractivity contribution is 5.84. The number of nitrogens with one attached hydrogen (secondary N) is 1. The van der Waals surface area contributed by atoms with E-state index in [1.807, 2.05) is 12.1 Å². The summed E-state index contributed by atoms with van der Waals surface area (Å²) in [6, 6.07) is 10.7. The number of aryl methyl sites for hydroxylation is 1. The van der Waals surface area contributed by atoms with E-state index in [2.05, 4.69) is 4.98 Å². The zero-order valence-electron chi connectivity index (χ0n) is 16.4. The normalized spacial score (nSPS) is 11.4. The van der Waals surface area contributed by atoms with Crippen LogP contribution in [0.4, 0.5) is 0 Å². The molecule has 1 amide bonds. The van der Waals surface area contributed by atoms with Gasteiger partial charge in [-0.2, -0.15) is 5.26 Å². The van der Waals surface area contributed by atoms with E-state index in [1.54, 1.807) is 52.2 Å². The van der Waals surface area contributed by atoms with Gasteiger partial charge in [-0.15, -0.1) is 0 Å². The molecule has 0 unspecified atom stereocenters. The molecule has 0 fully saturated rings. The van der Waals surface area contributed by atoms with E-state index < -0.39 is 17.6 Å². The van der Waals surface area contributed by atoms with Crippen molar-refractivity contribution < 1.29 is 14.3 Å². The molecule has 0 bridgehead atoms. The number of hydrogen-bond acceptors (Lipinski definition) is 5. The molecule has 146 valence electrons. The number of pyridine rings is 1. The number of likely N-dealkylation sites (N-methyl/N-ethyl adjacent to an activating group) is 1. The minimum absolute atomic E-state index is 0.0165. The van der Waals surface area contributed by atoms with Crippen molar-refractivity contribution in [1.29, 1.82) is 5.26 Å². The Bertz CT molecular complexity index is 972. The predicted octanol–water partition coefficient (Wildman–Crippen LogP) is 2.17. The fourth-order valence-corrected chi connectivity index (χ4v) is 2.96. The zero-order valence-corrected chi connectivity index (χ0v) is 16.4. The van der Waals surface area contributed by atoms with Gasteiger partial charge in [0.1, 0.15) is 11.6 Å². The number of amides is 1. The van der Waals surface area contributed by atoms with Crippen LogP contribution in [-0.4, -0.2) is 35.9 Å². The van der Waals surface area contributed by atoms with Crippen LogP contribution in [0.25, 0.3) is 0 Å². The van der Waals surface area contributed by atoms with Gasteiger partial charge in [-0.25, -0.2) is 0 Å². The number of ether oxygens (including phenoxy) is 1. The summed E-state index contributed by atoms with van der Waals surface area (Å²) in [5.41, 5.74) is 2.09. The molecule has 0 aliphatic carbocycles. The van der Waals surface area contributed by atoms with E-state index in [0.717, 1.165) is 5.56 Å². The van der Waals surface area contributed by atoms with Crippen molar-refractivity contribution >= 4 is 11.9 Å². The molecule has 7 heteroatoms. The number of nitriles is 1. The number of hydrogen-bond donors (Lipinski definition) is 1. The molecule has 0 spiro atoms. The lowest BCUT2D eigenvalue weighted by molar-refractivity contribution is -0.159. The average Bonchev–Trinajstić information content (AvgIpc) is 2.66. The van der Waals surface area contributed by atoms with E-state index in [0.29, 0.717) is 23.2 Å². The number of carbonyl (C=O) groups is 2. The van der Waals surface area contributed by atoms with Crippen molar-refractivity contribution in [2.75, 3.05) is 14.1 Å². The molecule has 2 aromatic rings. The average molecular weight is 381 g/mol. The fraction of sp³-hybridized carbons (Fsp3) is 0.333. The molecule has 28 heavy (non-hydrogen) atoms. The summed E-state index contributed by atoms with van der Waals surface area (Å²) in [4.78, 5) is 40.7. The van der Waals surface area contributed by atoms with Crippen molar-refractivity contribution in [1.82, 2.24) is 9.88 Å². The van der Waals surface area contributed by atoms with Gasteiger partial charge in [-0.05, 0) is 31.4 Å². The monoisotopic (exact) mass is 381 g/mol. The highest BCUT2D eigenvalue weighted by Gasteiger charge is 2.26. The van der Waals surface area contributed by atoms with E-state index in [1.165, 1.54) is 4.90 Å². The Kier molecular flexibility index (Phi) is 6.72. The number of benzene rings is 1. The first-order chi connectivity index (χ1) is 13.3. The summed E-state index contributed by atoms with van der Waals surface area (Å²) in [7, 11) is 3.20. The number of rotatable bonds is 6. The zero-order chi connectivity index (χ0) is 20.8. The second kappa shape index (κ2) is 9.00. The summed E-state index contributed by atoms with van der Waals surface area (Å²) in [6.45, 7) is 3.41. The van der Waals surface area contributed by atoms with Crippen LogP contribution in [0.5, 0.6) is 0 Å². The van der Waals surface area contributed by atoms with E-state index in [-0.39, 0.29) is 17.9 Å². The number of esters is 1. The summed E-state index contributed by atoms with van der Waals surface area (Å²) >= 11 is 0. The van der Waals surface area contributed by atoms with Crippen LogP contribution in [0.2, 0.25) is 0 Å². The Morgan fingerprint density at radius 2 is 1.86 bits per heavy atom. The quantitative estimate of drug-likeness (QED) is 0.773. The third kappa shape index (κ3) is 4.65. The maximum absolute atomic E-state index is 12.5. The summed E-state index contributed by atoms with van der Waals surface area (Å²) < 4.78 is 5.47. The van der Waals surface area contributed by atoms with Gasteiger partial charge in [0, 0.05) is 31.8 Å². The van der Waals surface area contributed by atoms with Gasteiger partial charge in [0.25, 0.3) is 11.5 Å². The Morgan fingerprint density at radius 1 is 1.21 bits per heavy atom. The first kappa shape index (κ1) is 20.9. The standard InChI is InChI=1S/C21H23N3O4/c1-13-16(14(2)23-20(26)17(13)12-22)10-11-18(25)28-19(21(27)24(3)4)15-8-6-5-7-9-15/h5-9,19H,10-11H2,1-4H3,(H,23,26)/t19-/m0/s1. The molecule has 1 atom stereocenters. The lowest BCUT2D eigenvalue weighted by atomic mass is 9.99. The van der Waals surface area contributed by atoms with Crippen molar-refractivity contribution in [3.63, 3.8) is 0 Å². The number of nitrogens with zero attached hydrogens (tertiary/aromatic N) is 2. The molecule has 1 N–H and O–H groups in total. The number of carbonyl (C=O) groups excluding carboxylic acids is 2. The third-order valence-corrected chi connectivity index (χ3v) is 4.52. The van der Waals surface area contributed by atoms with Crippen molar-refractivity contribution in [3.8, 4) is 6.07 Å². The van der Waals surface area contributed by atoms with Crippen LogP contribution in [0.1, 0.15) is 40.5 Å². The number of H-pyrrole nitrogens is 1. The first-order valence-electron chi connectivity index (χ1n) is 8.84. The molecule has 1 aromatic heterocycles. The molecule has 1 aromatic carbocycles. The Labute approximate surface area is 163 Å². The lowest BCUT2D eigenvalue weighted by Crippen LogP contribution is -2.31. The maximum atomic E-state index is 12.5. The Hall–Kier alpha value is -3.40. The van der Waals surface area contributed by atoms with E-state index in [4.69, 9.17) is 10.00 Å². The van der Waals surface area contributed by atoms with E-state index in [9.17, 15) is 14.4 Å². The molecular formula is C21H23N3O4. The van der Waals surface area contributed by atoms with Gasteiger partial charge in [-0.3, -0.25) is 14.4 Å². The SMILES string of the molecule is Cc1[nH]c(=O)c(C#N)c(C)c1CCC(=O)O[C@H](C(=O)N(C)C)c1ccccc1. The summed E-state index contributed by atoms with van der Waals surface area (Å²) in [5, 5.41) is 9.15. The second-order valence-electron chi connectivity index (χ2n) is 6.68. The minimum Gasteiger partial charge on any atom is -0.447 e. The second-order valence-corrected chi connectivity index (χ2v) is 6.68. The van der Waals surface area contributed by atoms with Crippen LogP contribution < -0.4 is 5.56 Å². The molecule has 0 saturated heterocycles. The number of aromatic nitrogens is 1. The number of aromatic amines is 1. The Balaban J connectivity index is 2.18. The maximum Gasteiger partial charge on any atom is 0.307 e. The van der Waals surface area contributed by atoms with Gasteiger partial charge in [0.15, 0.2) is 0 Å². The van der Waals surface area contributed by atoms with Crippen LogP contribution in [0.15, 0.2) is 35.1 Å².